The molecule has 0 fully saturated rings. The van der Waals surface area contributed by atoms with Gasteiger partial charge in [0.05, 0.1) is 4.47 Å². The molecule has 0 saturated heterocycles. The van der Waals surface area contributed by atoms with Crippen LogP contribution >= 0.6 is 15.9 Å². The molecule has 0 spiro atoms. The van der Waals surface area contributed by atoms with Crippen molar-refractivity contribution in [1.29, 1.82) is 0 Å². The number of ether oxygens (including phenoxy) is 1. The SMILES string of the molecule is CCc1ccc(OCC(=O)NN=CC(C)C)c(Br)c1. The lowest BCUT2D eigenvalue weighted by Gasteiger charge is -2.08. The van der Waals surface area contributed by atoms with Crippen LogP contribution in [-0.4, -0.2) is 18.7 Å². The molecule has 0 bridgehead atoms. The molecule has 1 rings (SSSR count). The molecule has 1 N–H and O–H groups in total. The second-order valence-corrected chi connectivity index (χ2v) is 5.32. The van der Waals surface area contributed by atoms with Gasteiger partial charge in [-0.05, 0) is 46.0 Å². The number of rotatable bonds is 6. The molecular weight excluding hydrogens is 308 g/mol. The number of hydrogen-bond donors (Lipinski definition) is 1. The van der Waals surface area contributed by atoms with E-state index in [0.717, 1.165) is 10.9 Å². The Kier molecular flexibility index (Phi) is 6.56. The zero-order chi connectivity index (χ0) is 14.3. The number of amides is 1. The Bertz CT molecular complexity index is 459. The first-order valence-corrected chi connectivity index (χ1v) is 7.05. The minimum atomic E-state index is -0.275. The maximum absolute atomic E-state index is 11.5. The van der Waals surface area contributed by atoms with Gasteiger partial charge in [-0.2, -0.15) is 5.10 Å². The average molecular weight is 327 g/mol. The lowest BCUT2D eigenvalue weighted by atomic mass is 10.2. The molecule has 1 aromatic rings. The Balaban J connectivity index is 2.46. The molecule has 5 heteroatoms. The van der Waals surface area contributed by atoms with Crippen molar-refractivity contribution in [2.45, 2.75) is 27.2 Å². The predicted molar refractivity (Wildman–Crippen MR) is 80.5 cm³/mol. The van der Waals surface area contributed by atoms with Crippen LogP contribution in [0.3, 0.4) is 0 Å². The number of carbonyl (C=O) groups excluding carboxylic acids is 1. The first kappa shape index (κ1) is 15.7. The highest BCUT2D eigenvalue weighted by molar-refractivity contribution is 9.10. The highest BCUT2D eigenvalue weighted by atomic mass is 79.9. The number of nitrogens with zero attached hydrogens (tertiary/aromatic N) is 1. The maximum atomic E-state index is 11.5. The minimum Gasteiger partial charge on any atom is -0.483 e. The van der Waals surface area contributed by atoms with Crippen molar-refractivity contribution in [2.24, 2.45) is 11.0 Å². The first-order chi connectivity index (χ1) is 9.02. The van der Waals surface area contributed by atoms with Gasteiger partial charge in [0.25, 0.3) is 5.91 Å². The predicted octanol–water partition coefficient (Wildman–Crippen LogP) is 3.15. The van der Waals surface area contributed by atoms with Crippen molar-refractivity contribution in [3.05, 3.63) is 28.2 Å². The third-order valence-corrected chi connectivity index (χ3v) is 2.94. The molecule has 0 aliphatic rings. The number of hydrogen-bond acceptors (Lipinski definition) is 3. The van der Waals surface area contributed by atoms with E-state index in [0.29, 0.717) is 11.7 Å². The summed E-state index contributed by atoms with van der Waals surface area (Å²) in [4.78, 5) is 11.5. The largest absolute Gasteiger partial charge is 0.483 e. The summed E-state index contributed by atoms with van der Waals surface area (Å²) < 4.78 is 6.27. The molecule has 0 aromatic heterocycles. The smallest absolute Gasteiger partial charge is 0.277 e. The number of hydrazone groups is 1. The lowest BCUT2D eigenvalue weighted by molar-refractivity contribution is -0.123. The molecule has 0 unspecified atom stereocenters. The third kappa shape index (κ3) is 5.87. The third-order valence-electron chi connectivity index (χ3n) is 2.33. The summed E-state index contributed by atoms with van der Waals surface area (Å²) in [7, 11) is 0. The van der Waals surface area contributed by atoms with Crippen LogP contribution in [0.15, 0.2) is 27.8 Å². The van der Waals surface area contributed by atoms with E-state index < -0.39 is 0 Å². The molecule has 1 amide bonds. The lowest BCUT2D eigenvalue weighted by Crippen LogP contribution is -2.24. The van der Waals surface area contributed by atoms with E-state index in [1.807, 2.05) is 32.0 Å². The number of benzene rings is 1. The Morgan fingerprint density at radius 1 is 1.53 bits per heavy atom. The second kappa shape index (κ2) is 7.94. The van der Waals surface area contributed by atoms with Gasteiger partial charge >= 0.3 is 0 Å². The van der Waals surface area contributed by atoms with Gasteiger partial charge in [-0.1, -0.05) is 26.8 Å². The zero-order valence-electron chi connectivity index (χ0n) is 11.4. The monoisotopic (exact) mass is 326 g/mol. The van der Waals surface area contributed by atoms with Crippen LogP contribution in [0, 0.1) is 5.92 Å². The van der Waals surface area contributed by atoms with E-state index in [1.54, 1.807) is 6.21 Å². The van der Waals surface area contributed by atoms with Gasteiger partial charge in [-0.25, -0.2) is 5.43 Å². The molecule has 19 heavy (non-hydrogen) atoms. The van der Waals surface area contributed by atoms with Crippen LogP contribution in [0.5, 0.6) is 5.75 Å². The Morgan fingerprint density at radius 2 is 2.26 bits per heavy atom. The fraction of sp³-hybridized carbons (Fsp3) is 0.429. The summed E-state index contributed by atoms with van der Waals surface area (Å²) in [5, 5.41) is 3.82. The molecule has 1 aromatic carbocycles. The maximum Gasteiger partial charge on any atom is 0.277 e. The highest BCUT2D eigenvalue weighted by Gasteiger charge is 2.05. The standard InChI is InChI=1S/C14H19BrN2O2/c1-4-11-5-6-13(12(15)7-11)19-9-14(18)17-16-8-10(2)3/h5-8,10H,4,9H2,1-3H3,(H,17,18). The molecule has 0 aliphatic heterocycles. The van der Waals surface area contributed by atoms with Crippen LogP contribution < -0.4 is 10.2 Å². The highest BCUT2D eigenvalue weighted by Crippen LogP contribution is 2.26. The van der Waals surface area contributed by atoms with Crippen molar-refractivity contribution < 1.29 is 9.53 Å². The van der Waals surface area contributed by atoms with Crippen LogP contribution in [0.2, 0.25) is 0 Å². The van der Waals surface area contributed by atoms with E-state index in [4.69, 9.17) is 4.74 Å². The summed E-state index contributed by atoms with van der Waals surface area (Å²) in [6, 6.07) is 5.83. The molecule has 0 aliphatic carbocycles. The normalized spacial score (nSPS) is 11.0. The number of halogens is 1. The van der Waals surface area contributed by atoms with Crippen molar-refractivity contribution >= 4 is 28.1 Å². The summed E-state index contributed by atoms with van der Waals surface area (Å²) in [5.41, 5.74) is 3.63. The van der Waals surface area contributed by atoms with Gasteiger partial charge in [0.1, 0.15) is 5.75 Å². The van der Waals surface area contributed by atoms with E-state index in [1.165, 1.54) is 5.56 Å². The van der Waals surface area contributed by atoms with Crippen LogP contribution in [-0.2, 0) is 11.2 Å². The minimum absolute atomic E-state index is 0.0560. The van der Waals surface area contributed by atoms with Crippen molar-refractivity contribution in [3.63, 3.8) is 0 Å². The number of nitrogens with one attached hydrogen (secondary N) is 1. The van der Waals surface area contributed by atoms with Gasteiger partial charge in [0.2, 0.25) is 0 Å². The van der Waals surface area contributed by atoms with Crippen molar-refractivity contribution in [3.8, 4) is 5.75 Å². The van der Waals surface area contributed by atoms with Gasteiger partial charge in [-0.3, -0.25) is 4.79 Å². The Hall–Kier alpha value is -1.36. The van der Waals surface area contributed by atoms with Crippen LogP contribution in [0.4, 0.5) is 0 Å². The summed E-state index contributed by atoms with van der Waals surface area (Å²) >= 11 is 3.42. The molecular formula is C14H19BrN2O2. The van der Waals surface area contributed by atoms with E-state index >= 15 is 0 Å². The molecule has 0 radical (unpaired) electrons. The van der Waals surface area contributed by atoms with Gasteiger partial charge in [0, 0.05) is 6.21 Å². The Labute approximate surface area is 122 Å². The van der Waals surface area contributed by atoms with Crippen LogP contribution in [0.25, 0.3) is 0 Å². The van der Waals surface area contributed by atoms with Crippen molar-refractivity contribution in [2.75, 3.05) is 6.61 Å². The van der Waals surface area contributed by atoms with E-state index in [2.05, 4.69) is 33.4 Å². The average Bonchev–Trinajstić information content (AvgIpc) is 2.36. The van der Waals surface area contributed by atoms with Gasteiger partial charge < -0.3 is 4.74 Å². The second-order valence-electron chi connectivity index (χ2n) is 4.46. The number of aryl methyl sites for hydroxylation is 1. The molecule has 4 nitrogen and oxygen atoms in total. The molecule has 0 atom stereocenters. The topological polar surface area (TPSA) is 50.7 Å². The quantitative estimate of drug-likeness (QED) is 0.645. The summed E-state index contributed by atoms with van der Waals surface area (Å²) in [5.74, 6) is 0.681. The first-order valence-electron chi connectivity index (χ1n) is 6.26. The fourth-order valence-corrected chi connectivity index (χ4v) is 1.86. The summed E-state index contributed by atoms with van der Waals surface area (Å²) in [6.45, 7) is 6.00. The van der Waals surface area contributed by atoms with Crippen molar-refractivity contribution in [1.82, 2.24) is 5.43 Å². The fourth-order valence-electron chi connectivity index (χ4n) is 1.32. The van der Waals surface area contributed by atoms with Gasteiger partial charge in [-0.15, -0.1) is 0 Å². The van der Waals surface area contributed by atoms with Crippen LogP contribution in [0.1, 0.15) is 26.3 Å². The Morgan fingerprint density at radius 3 is 2.84 bits per heavy atom. The van der Waals surface area contributed by atoms with E-state index in [9.17, 15) is 4.79 Å². The van der Waals surface area contributed by atoms with Gasteiger partial charge in [0.15, 0.2) is 6.61 Å². The zero-order valence-corrected chi connectivity index (χ0v) is 13.0. The van der Waals surface area contributed by atoms with E-state index in [-0.39, 0.29) is 12.5 Å². The molecule has 0 heterocycles. The summed E-state index contributed by atoms with van der Waals surface area (Å²) in [6.07, 6.45) is 2.63. The number of carbonyl (C=O) groups is 1. The molecule has 0 saturated carbocycles. The molecule has 104 valence electrons.